The molecule has 0 amide bonds. The first kappa shape index (κ1) is 15.1. The van der Waals surface area contributed by atoms with Crippen molar-refractivity contribution < 1.29 is 22.6 Å². The van der Waals surface area contributed by atoms with Crippen molar-refractivity contribution in [3.05, 3.63) is 23.8 Å². The Bertz CT molecular complexity index is 486. The lowest BCUT2D eigenvalue weighted by molar-refractivity contribution is 0.133. The monoisotopic (exact) mass is 294 g/mol. The summed E-state index contributed by atoms with van der Waals surface area (Å²) in [5, 5.41) is 0. The van der Waals surface area contributed by atoms with Gasteiger partial charge in [-0.25, -0.2) is 8.42 Å². The molecule has 0 fully saturated rings. The molecule has 7 heteroatoms. The number of methoxy groups -OCH3 is 2. The molecular formula is C11H15ClO5S. The molecule has 1 rings (SSSR count). The minimum absolute atomic E-state index is 0.0427. The van der Waals surface area contributed by atoms with E-state index < -0.39 is 9.05 Å². The molecule has 0 N–H and O–H groups in total. The van der Waals surface area contributed by atoms with Crippen LogP contribution in [0.3, 0.4) is 0 Å². The van der Waals surface area contributed by atoms with Crippen LogP contribution in [0.4, 0.5) is 0 Å². The highest BCUT2D eigenvalue weighted by Crippen LogP contribution is 2.25. The highest BCUT2D eigenvalue weighted by molar-refractivity contribution is 8.13. The summed E-state index contributed by atoms with van der Waals surface area (Å²) < 4.78 is 36.9. The van der Waals surface area contributed by atoms with Crippen molar-refractivity contribution in [3.8, 4) is 11.5 Å². The molecule has 1 aromatic rings. The van der Waals surface area contributed by atoms with Crippen molar-refractivity contribution in [2.45, 2.75) is 6.61 Å². The van der Waals surface area contributed by atoms with Gasteiger partial charge in [0.25, 0.3) is 0 Å². The maximum Gasteiger partial charge on any atom is 0.234 e. The number of benzene rings is 1. The number of hydrogen-bond donors (Lipinski definition) is 0. The van der Waals surface area contributed by atoms with Gasteiger partial charge in [0.15, 0.2) is 0 Å². The fourth-order valence-electron chi connectivity index (χ4n) is 1.31. The third-order valence-corrected chi connectivity index (χ3v) is 3.34. The second kappa shape index (κ2) is 6.82. The molecule has 0 spiro atoms. The summed E-state index contributed by atoms with van der Waals surface area (Å²) in [6.45, 7) is 0.292. The molecule has 0 saturated carbocycles. The second-order valence-corrected chi connectivity index (χ2v) is 6.37. The zero-order chi connectivity index (χ0) is 13.6. The maximum absolute atomic E-state index is 10.7. The summed E-state index contributed by atoms with van der Waals surface area (Å²) >= 11 is 0. The van der Waals surface area contributed by atoms with Crippen LogP contribution in [0.1, 0.15) is 5.56 Å². The van der Waals surface area contributed by atoms with E-state index in [1.165, 1.54) is 0 Å². The molecule has 0 atom stereocenters. The molecule has 0 heterocycles. The predicted octanol–water partition coefficient (Wildman–Crippen LogP) is 1.79. The van der Waals surface area contributed by atoms with Gasteiger partial charge in [-0.15, -0.1) is 0 Å². The first-order valence-electron chi connectivity index (χ1n) is 5.17. The largest absolute Gasteiger partial charge is 0.497 e. The van der Waals surface area contributed by atoms with E-state index in [0.717, 1.165) is 5.56 Å². The van der Waals surface area contributed by atoms with Crippen LogP contribution in [0.25, 0.3) is 0 Å². The highest BCUT2D eigenvalue weighted by Gasteiger charge is 2.07. The summed E-state index contributed by atoms with van der Waals surface area (Å²) in [5.41, 5.74) is 0.810. The van der Waals surface area contributed by atoms with Gasteiger partial charge in [0.1, 0.15) is 11.5 Å². The Morgan fingerprint density at radius 1 is 1.22 bits per heavy atom. The standard InChI is InChI=1S/C11H15ClO5S/c1-15-10-4-3-9(11(7-10)16-2)8-17-5-6-18(12,13)14/h3-4,7H,5-6,8H2,1-2H3. The van der Waals surface area contributed by atoms with Crippen LogP contribution < -0.4 is 9.47 Å². The van der Waals surface area contributed by atoms with Crippen molar-refractivity contribution in [3.63, 3.8) is 0 Å². The second-order valence-electron chi connectivity index (χ2n) is 3.47. The fourth-order valence-corrected chi connectivity index (χ4v) is 1.82. The van der Waals surface area contributed by atoms with Crippen LogP contribution in [0, 0.1) is 0 Å². The molecule has 102 valence electrons. The summed E-state index contributed by atoms with van der Waals surface area (Å²) in [5.74, 6) is 1.09. The average Bonchev–Trinajstić information content (AvgIpc) is 2.33. The SMILES string of the molecule is COc1ccc(COCCS(=O)(=O)Cl)c(OC)c1. The van der Waals surface area contributed by atoms with Gasteiger partial charge in [0.2, 0.25) is 9.05 Å². The molecular weight excluding hydrogens is 280 g/mol. The van der Waals surface area contributed by atoms with Gasteiger partial charge in [-0.2, -0.15) is 0 Å². The zero-order valence-corrected chi connectivity index (χ0v) is 11.8. The maximum atomic E-state index is 10.7. The van der Waals surface area contributed by atoms with E-state index >= 15 is 0 Å². The summed E-state index contributed by atoms with van der Waals surface area (Å²) in [4.78, 5) is 0. The number of rotatable bonds is 7. The molecule has 18 heavy (non-hydrogen) atoms. The van der Waals surface area contributed by atoms with E-state index in [1.807, 2.05) is 0 Å². The minimum atomic E-state index is -3.51. The molecule has 0 aliphatic carbocycles. The molecule has 0 saturated heterocycles. The molecule has 5 nitrogen and oxygen atoms in total. The Balaban J connectivity index is 2.56. The predicted molar refractivity (Wildman–Crippen MR) is 68.8 cm³/mol. The summed E-state index contributed by atoms with van der Waals surface area (Å²) in [7, 11) is 4.66. The van der Waals surface area contributed by atoms with Gasteiger partial charge in [-0.1, -0.05) is 0 Å². The van der Waals surface area contributed by atoms with Gasteiger partial charge < -0.3 is 14.2 Å². The van der Waals surface area contributed by atoms with Gasteiger partial charge in [-0.05, 0) is 12.1 Å². The van der Waals surface area contributed by atoms with Crippen LogP contribution in [0.15, 0.2) is 18.2 Å². The molecule has 0 aliphatic heterocycles. The molecule has 0 bridgehead atoms. The van der Waals surface area contributed by atoms with Gasteiger partial charge >= 0.3 is 0 Å². The molecule has 0 radical (unpaired) electrons. The number of halogens is 1. The summed E-state index contributed by atoms with van der Waals surface area (Å²) in [6, 6.07) is 5.31. The average molecular weight is 295 g/mol. The Morgan fingerprint density at radius 2 is 1.94 bits per heavy atom. The first-order chi connectivity index (χ1) is 8.46. The van der Waals surface area contributed by atoms with E-state index in [0.29, 0.717) is 11.5 Å². The molecule has 1 aromatic carbocycles. The lowest BCUT2D eigenvalue weighted by atomic mass is 10.2. The molecule has 0 aliphatic rings. The first-order valence-corrected chi connectivity index (χ1v) is 7.65. The van der Waals surface area contributed by atoms with Crippen LogP contribution in [-0.2, 0) is 20.4 Å². The lowest BCUT2D eigenvalue weighted by Crippen LogP contribution is -2.07. The van der Waals surface area contributed by atoms with Gasteiger partial charge in [0.05, 0.1) is 33.2 Å². The smallest absolute Gasteiger partial charge is 0.234 e. The third kappa shape index (κ3) is 5.12. The van der Waals surface area contributed by atoms with Crippen molar-refractivity contribution >= 4 is 19.7 Å². The van der Waals surface area contributed by atoms with E-state index in [-0.39, 0.29) is 19.0 Å². The van der Waals surface area contributed by atoms with E-state index in [1.54, 1.807) is 32.4 Å². The van der Waals surface area contributed by atoms with E-state index in [9.17, 15) is 8.42 Å². The number of hydrogen-bond acceptors (Lipinski definition) is 5. The van der Waals surface area contributed by atoms with E-state index in [2.05, 4.69) is 0 Å². The Hall–Kier alpha value is -0.980. The van der Waals surface area contributed by atoms with Crippen LogP contribution in [0.5, 0.6) is 11.5 Å². The van der Waals surface area contributed by atoms with Crippen LogP contribution >= 0.6 is 10.7 Å². The van der Waals surface area contributed by atoms with Crippen molar-refractivity contribution in [2.75, 3.05) is 26.6 Å². The quantitative estimate of drug-likeness (QED) is 0.567. The number of ether oxygens (including phenoxy) is 3. The Morgan fingerprint density at radius 3 is 2.50 bits per heavy atom. The van der Waals surface area contributed by atoms with Gasteiger partial charge in [0, 0.05) is 22.3 Å². The normalized spacial score (nSPS) is 11.3. The molecule has 0 aromatic heterocycles. The minimum Gasteiger partial charge on any atom is -0.497 e. The Kier molecular flexibility index (Phi) is 5.71. The molecule has 0 unspecified atom stereocenters. The highest BCUT2D eigenvalue weighted by atomic mass is 35.7. The van der Waals surface area contributed by atoms with E-state index in [4.69, 9.17) is 24.9 Å². The van der Waals surface area contributed by atoms with Crippen molar-refractivity contribution in [2.24, 2.45) is 0 Å². The van der Waals surface area contributed by atoms with Crippen molar-refractivity contribution in [1.82, 2.24) is 0 Å². The third-order valence-electron chi connectivity index (χ3n) is 2.22. The zero-order valence-electron chi connectivity index (χ0n) is 10.2. The van der Waals surface area contributed by atoms with Crippen LogP contribution in [-0.4, -0.2) is 35.0 Å². The lowest BCUT2D eigenvalue weighted by Gasteiger charge is -2.10. The fraction of sp³-hybridized carbons (Fsp3) is 0.455. The summed E-state index contributed by atoms with van der Waals surface area (Å²) in [6.07, 6.45) is 0. The van der Waals surface area contributed by atoms with Crippen LogP contribution in [0.2, 0.25) is 0 Å². The Labute approximate surface area is 111 Å². The van der Waals surface area contributed by atoms with Gasteiger partial charge in [-0.3, -0.25) is 0 Å². The van der Waals surface area contributed by atoms with Crippen molar-refractivity contribution in [1.29, 1.82) is 0 Å². The topological polar surface area (TPSA) is 61.8 Å².